The van der Waals surface area contributed by atoms with Crippen LogP contribution in [-0.4, -0.2) is 34.5 Å². The average molecular weight is 434 g/mol. The first-order valence-electron chi connectivity index (χ1n) is 11.1. The second kappa shape index (κ2) is 10.3. The van der Waals surface area contributed by atoms with Gasteiger partial charge in [-0.05, 0) is 38.0 Å². The third-order valence-corrected chi connectivity index (χ3v) is 5.20. The van der Waals surface area contributed by atoms with E-state index in [4.69, 9.17) is 4.74 Å². The van der Waals surface area contributed by atoms with Crippen LogP contribution in [-0.2, 0) is 17.8 Å². The molecule has 3 aromatic rings. The van der Waals surface area contributed by atoms with Crippen LogP contribution in [0.1, 0.15) is 54.9 Å². The number of rotatable bonds is 5. The van der Waals surface area contributed by atoms with Crippen molar-refractivity contribution in [1.82, 2.24) is 15.2 Å². The standard InChI is InChI=1S/C24H25N3O3.C2H6/c1-15(2)25-24(29)22-19-10-6-7-11-20(19)26-16(3)23(22)30-14-27-13-18-9-5-4-8-17(18)12-21(27)28;1-2/h4-11,15H,12-14H2,1-3H3,(H,25,29);1-2H3. The van der Waals surface area contributed by atoms with Gasteiger partial charge in [-0.15, -0.1) is 0 Å². The molecule has 0 spiro atoms. The molecule has 2 amide bonds. The zero-order valence-corrected chi connectivity index (χ0v) is 19.4. The van der Waals surface area contributed by atoms with E-state index in [0.717, 1.165) is 22.0 Å². The Bertz CT molecular complexity index is 1120. The van der Waals surface area contributed by atoms with Crippen molar-refractivity contribution in [3.8, 4) is 5.75 Å². The number of nitrogens with zero attached hydrogens (tertiary/aromatic N) is 2. The molecule has 2 heterocycles. The highest BCUT2D eigenvalue weighted by Gasteiger charge is 2.25. The third-order valence-electron chi connectivity index (χ3n) is 5.20. The fraction of sp³-hybridized carbons (Fsp3) is 0.346. The monoisotopic (exact) mass is 433 g/mol. The predicted molar refractivity (Wildman–Crippen MR) is 127 cm³/mol. The van der Waals surface area contributed by atoms with Gasteiger partial charge in [-0.1, -0.05) is 56.3 Å². The molecule has 6 nitrogen and oxygen atoms in total. The van der Waals surface area contributed by atoms with E-state index in [0.29, 0.717) is 30.0 Å². The van der Waals surface area contributed by atoms with Gasteiger partial charge in [0, 0.05) is 18.0 Å². The molecule has 0 saturated heterocycles. The van der Waals surface area contributed by atoms with Gasteiger partial charge in [0.15, 0.2) is 12.5 Å². The number of hydrogen-bond acceptors (Lipinski definition) is 4. The lowest BCUT2D eigenvalue weighted by Crippen LogP contribution is -2.39. The van der Waals surface area contributed by atoms with E-state index in [-0.39, 0.29) is 24.6 Å². The summed E-state index contributed by atoms with van der Waals surface area (Å²) in [4.78, 5) is 31.9. The van der Waals surface area contributed by atoms with Gasteiger partial charge in [-0.2, -0.15) is 0 Å². The molecular formula is C26H31N3O3. The Morgan fingerprint density at radius 2 is 1.75 bits per heavy atom. The summed E-state index contributed by atoms with van der Waals surface area (Å²) in [5.74, 6) is 0.212. The number of amides is 2. The predicted octanol–water partition coefficient (Wildman–Crippen LogP) is 4.63. The average Bonchev–Trinajstić information content (AvgIpc) is 2.78. The molecule has 0 radical (unpaired) electrons. The maximum absolute atomic E-state index is 13.0. The number of benzene rings is 2. The van der Waals surface area contributed by atoms with Crippen molar-refractivity contribution < 1.29 is 14.3 Å². The molecule has 0 atom stereocenters. The molecule has 32 heavy (non-hydrogen) atoms. The Kier molecular flexibility index (Phi) is 7.46. The maximum Gasteiger partial charge on any atom is 0.256 e. The first-order valence-corrected chi connectivity index (χ1v) is 11.1. The molecule has 0 bridgehead atoms. The fourth-order valence-corrected chi connectivity index (χ4v) is 3.77. The molecule has 4 rings (SSSR count). The second-order valence-corrected chi connectivity index (χ2v) is 7.86. The Morgan fingerprint density at radius 1 is 1.09 bits per heavy atom. The number of nitrogens with one attached hydrogen (secondary N) is 1. The van der Waals surface area contributed by atoms with E-state index in [9.17, 15) is 9.59 Å². The van der Waals surface area contributed by atoms with Crippen LogP contribution >= 0.6 is 0 Å². The lowest BCUT2D eigenvalue weighted by Gasteiger charge is -2.29. The summed E-state index contributed by atoms with van der Waals surface area (Å²) in [6, 6.07) is 15.4. The van der Waals surface area contributed by atoms with Gasteiger partial charge in [0.2, 0.25) is 5.91 Å². The molecule has 0 unspecified atom stereocenters. The molecule has 1 aliphatic rings. The minimum absolute atomic E-state index is 0.00767. The topological polar surface area (TPSA) is 71.5 Å². The van der Waals surface area contributed by atoms with Crippen LogP contribution < -0.4 is 10.1 Å². The van der Waals surface area contributed by atoms with Crippen LogP contribution in [0.2, 0.25) is 0 Å². The molecule has 2 aromatic carbocycles. The van der Waals surface area contributed by atoms with E-state index in [1.54, 1.807) is 4.90 Å². The van der Waals surface area contributed by atoms with E-state index in [1.165, 1.54) is 0 Å². The second-order valence-electron chi connectivity index (χ2n) is 7.86. The number of carbonyl (C=O) groups excluding carboxylic acids is 2. The number of hydrogen-bond donors (Lipinski definition) is 1. The zero-order valence-electron chi connectivity index (χ0n) is 19.4. The normalized spacial score (nSPS) is 12.8. The quantitative estimate of drug-likeness (QED) is 0.637. The SMILES string of the molecule is CC.Cc1nc2ccccc2c(C(=O)NC(C)C)c1OCN1Cc2ccccc2CC1=O. The first-order chi connectivity index (χ1) is 15.4. The molecule has 1 aliphatic heterocycles. The summed E-state index contributed by atoms with van der Waals surface area (Å²) < 4.78 is 6.09. The smallest absolute Gasteiger partial charge is 0.256 e. The van der Waals surface area contributed by atoms with Crippen LogP contribution in [0.4, 0.5) is 0 Å². The van der Waals surface area contributed by atoms with Crippen molar-refractivity contribution in [3.63, 3.8) is 0 Å². The molecule has 1 N–H and O–H groups in total. The lowest BCUT2D eigenvalue weighted by atomic mass is 10.00. The van der Waals surface area contributed by atoms with Gasteiger partial charge in [-0.25, -0.2) is 4.98 Å². The number of pyridine rings is 1. The number of aryl methyl sites for hydroxylation is 1. The minimum Gasteiger partial charge on any atom is -0.470 e. The number of aromatic nitrogens is 1. The van der Waals surface area contributed by atoms with Crippen LogP contribution in [0.25, 0.3) is 10.9 Å². The van der Waals surface area contributed by atoms with Crippen molar-refractivity contribution >= 4 is 22.7 Å². The fourth-order valence-electron chi connectivity index (χ4n) is 3.77. The van der Waals surface area contributed by atoms with E-state index < -0.39 is 0 Å². The molecule has 168 valence electrons. The summed E-state index contributed by atoms with van der Waals surface area (Å²) in [6.07, 6.45) is 0.356. The van der Waals surface area contributed by atoms with Crippen molar-refractivity contribution in [3.05, 3.63) is 70.9 Å². The molecular weight excluding hydrogens is 402 g/mol. The Hall–Kier alpha value is -3.41. The van der Waals surface area contributed by atoms with E-state index >= 15 is 0 Å². The lowest BCUT2D eigenvalue weighted by molar-refractivity contribution is -0.135. The summed E-state index contributed by atoms with van der Waals surface area (Å²) in [5, 5.41) is 3.68. The Morgan fingerprint density at radius 3 is 2.47 bits per heavy atom. The highest BCUT2D eigenvalue weighted by Crippen LogP contribution is 2.30. The van der Waals surface area contributed by atoms with Crippen LogP contribution in [0.15, 0.2) is 48.5 Å². The Balaban J connectivity index is 0.00000141. The minimum atomic E-state index is -0.211. The summed E-state index contributed by atoms with van der Waals surface area (Å²) in [5.41, 5.74) is 3.98. The highest BCUT2D eigenvalue weighted by molar-refractivity contribution is 6.09. The molecule has 1 aromatic heterocycles. The van der Waals surface area contributed by atoms with Gasteiger partial charge in [0.05, 0.1) is 23.2 Å². The van der Waals surface area contributed by atoms with Crippen molar-refractivity contribution in [2.45, 2.75) is 53.6 Å². The van der Waals surface area contributed by atoms with Gasteiger partial charge in [-0.3, -0.25) is 9.59 Å². The van der Waals surface area contributed by atoms with Crippen LogP contribution in [0.3, 0.4) is 0 Å². The molecule has 0 aliphatic carbocycles. The Labute approximate surface area is 189 Å². The van der Waals surface area contributed by atoms with Crippen molar-refractivity contribution in [1.29, 1.82) is 0 Å². The van der Waals surface area contributed by atoms with Gasteiger partial charge in [0.1, 0.15) is 0 Å². The first kappa shape index (κ1) is 23.3. The van der Waals surface area contributed by atoms with E-state index in [2.05, 4.69) is 10.3 Å². The van der Waals surface area contributed by atoms with E-state index in [1.807, 2.05) is 83.1 Å². The number of para-hydroxylation sites is 1. The summed E-state index contributed by atoms with van der Waals surface area (Å²) >= 11 is 0. The van der Waals surface area contributed by atoms with Crippen molar-refractivity contribution in [2.24, 2.45) is 0 Å². The number of ether oxygens (including phenoxy) is 1. The molecule has 0 saturated carbocycles. The van der Waals surface area contributed by atoms with Gasteiger partial charge in [0.25, 0.3) is 5.91 Å². The number of fused-ring (bicyclic) bond motifs is 2. The summed E-state index contributed by atoms with van der Waals surface area (Å²) in [6.45, 7) is 10.2. The maximum atomic E-state index is 13.0. The molecule has 0 fully saturated rings. The van der Waals surface area contributed by atoms with Gasteiger partial charge < -0.3 is 15.0 Å². The third kappa shape index (κ3) is 4.90. The largest absolute Gasteiger partial charge is 0.470 e. The van der Waals surface area contributed by atoms with Crippen molar-refractivity contribution in [2.75, 3.05) is 6.73 Å². The summed E-state index contributed by atoms with van der Waals surface area (Å²) in [7, 11) is 0. The van der Waals surface area contributed by atoms with Gasteiger partial charge >= 0.3 is 0 Å². The zero-order chi connectivity index (χ0) is 23.3. The van der Waals surface area contributed by atoms with Crippen LogP contribution in [0.5, 0.6) is 5.75 Å². The highest BCUT2D eigenvalue weighted by atomic mass is 16.5. The molecule has 6 heteroatoms. The number of carbonyl (C=O) groups is 2. The van der Waals surface area contributed by atoms with Crippen LogP contribution in [0, 0.1) is 6.92 Å².